The molecule has 0 radical (unpaired) electrons. The quantitative estimate of drug-likeness (QED) is 0.237. The molecule has 0 bridgehead atoms. The summed E-state index contributed by atoms with van der Waals surface area (Å²) in [6.07, 6.45) is 0. The van der Waals surface area contributed by atoms with Gasteiger partial charge in [0.1, 0.15) is 17.3 Å². The number of ether oxygens (including phenoxy) is 2. The first kappa shape index (κ1) is 19.3. The van der Waals surface area contributed by atoms with Crippen molar-refractivity contribution in [2.24, 2.45) is 0 Å². The minimum absolute atomic E-state index is 0.0290. The van der Waals surface area contributed by atoms with Gasteiger partial charge in [-0.3, -0.25) is 4.79 Å². The summed E-state index contributed by atoms with van der Waals surface area (Å²) in [5.41, 5.74) is 0.764. The smallest absolute Gasteiger partial charge is 0.321 e. The Morgan fingerprint density at radius 3 is 2.55 bits per heavy atom. The summed E-state index contributed by atoms with van der Waals surface area (Å²) in [5, 5.41) is 10.5. The lowest BCUT2D eigenvalue weighted by molar-refractivity contribution is -0.131. The second-order valence-corrected chi connectivity index (χ2v) is 7.29. The van der Waals surface area contributed by atoms with Gasteiger partial charge >= 0.3 is 5.97 Å². The van der Waals surface area contributed by atoms with Crippen LogP contribution >= 0.6 is 23.4 Å². The van der Waals surface area contributed by atoms with Crippen molar-refractivity contribution in [1.29, 1.82) is 0 Å². The molecule has 0 fully saturated rings. The molecule has 4 rings (SSSR count). The molecule has 0 aliphatic rings. The van der Waals surface area contributed by atoms with E-state index >= 15 is 0 Å². The number of hydrogen-bond acceptors (Lipinski definition) is 7. The van der Waals surface area contributed by atoms with E-state index in [0.29, 0.717) is 16.7 Å². The lowest BCUT2D eigenvalue weighted by atomic mass is 10.1. The molecular formula is C21H15ClN2O4S. The summed E-state index contributed by atoms with van der Waals surface area (Å²) >= 11 is 7.31. The van der Waals surface area contributed by atoms with Crippen LogP contribution in [0.3, 0.4) is 0 Å². The normalized spacial score (nSPS) is 10.8. The summed E-state index contributed by atoms with van der Waals surface area (Å²) in [6.45, 7) is 0. The summed E-state index contributed by atoms with van der Waals surface area (Å²) in [4.78, 5) is 12.3. The Bertz CT molecular complexity index is 1160. The lowest BCUT2D eigenvalue weighted by Gasteiger charge is -2.08. The number of esters is 1. The van der Waals surface area contributed by atoms with E-state index in [0.717, 1.165) is 33.8 Å². The van der Waals surface area contributed by atoms with Crippen molar-refractivity contribution in [3.05, 3.63) is 65.7 Å². The van der Waals surface area contributed by atoms with E-state index in [1.165, 1.54) is 0 Å². The standard InChI is InChI=1S/C21H15ClN2O4S/c1-26-14-8-6-13(7-9-14)20-23-24-21(28-20)29-12-19(25)27-18-11-10-17(22)15-4-2-3-5-16(15)18/h2-11H,12H2,1H3. The Morgan fingerprint density at radius 1 is 1.03 bits per heavy atom. The van der Waals surface area contributed by atoms with Gasteiger partial charge in [0.05, 0.1) is 7.11 Å². The first-order chi connectivity index (χ1) is 14.1. The van der Waals surface area contributed by atoms with Crippen LogP contribution in [0.4, 0.5) is 0 Å². The molecule has 146 valence electrons. The lowest BCUT2D eigenvalue weighted by Crippen LogP contribution is -2.10. The van der Waals surface area contributed by atoms with Gasteiger partial charge in [-0.15, -0.1) is 10.2 Å². The predicted octanol–water partition coefficient (Wildman–Crippen LogP) is 5.25. The van der Waals surface area contributed by atoms with Crippen LogP contribution < -0.4 is 9.47 Å². The monoisotopic (exact) mass is 426 g/mol. The van der Waals surface area contributed by atoms with Crippen molar-refractivity contribution in [2.75, 3.05) is 12.9 Å². The third kappa shape index (κ3) is 4.36. The van der Waals surface area contributed by atoms with Crippen LogP contribution in [0.25, 0.3) is 22.2 Å². The fourth-order valence-corrected chi connectivity index (χ4v) is 3.48. The number of aromatic nitrogens is 2. The van der Waals surface area contributed by atoms with Crippen LogP contribution in [0.1, 0.15) is 0 Å². The zero-order valence-electron chi connectivity index (χ0n) is 15.3. The van der Waals surface area contributed by atoms with Crippen LogP contribution in [-0.4, -0.2) is 29.0 Å². The third-order valence-electron chi connectivity index (χ3n) is 4.11. The first-order valence-electron chi connectivity index (χ1n) is 8.62. The van der Waals surface area contributed by atoms with E-state index < -0.39 is 5.97 Å². The van der Waals surface area contributed by atoms with E-state index in [1.54, 1.807) is 31.4 Å². The van der Waals surface area contributed by atoms with E-state index in [1.807, 2.05) is 36.4 Å². The third-order valence-corrected chi connectivity index (χ3v) is 5.23. The van der Waals surface area contributed by atoms with Crippen LogP contribution in [-0.2, 0) is 4.79 Å². The highest BCUT2D eigenvalue weighted by Crippen LogP contribution is 2.32. The largest absolute Gasteiger partial charge is 0.497 e. The van der Waals surface area contributed by atoms with Crippen LogP contribution in [0.2, 0.25) is 5.02 Å². The number of rotatable bonds is 6. The van der Waals surface area contributed by atoms with E-state index in [2.05, 4.69) is 10.2 Å². The molecule has 0 saturated carbocycles. The minimum Gasteiger partial charge on any atom is -0.497 e. The van der Waals surface area contributed by atoms with E-state index in [4.69, 9.17) is 25.5 Å². The molecule has 3 aromatic carbocycles. The number of nitrogens with zero attached hydrogens (tertiary/aromatic N) is 2. The topological polar surface area (TPSA) is 74.5 Å². The first-order valence-corrected chi connectivity index (χ1v) is 9.99. The molecule has 0 atom stereocenters. The number of fused-ring (bicyclic) bond motifs is 1. The van der Waals surface area contributed by atoms with Crippen LogP contribution in [0.5, 0.6) is 11.5 Å². The number of methoxy groups -OCH3 is 1. The van der Waals surface area contributed by atoms with E-state index in [-0.39, 0.29) is 11.0 Å². The zero-order chi connectivity index (χ0) is 20.2. The molecule has 0 aliphatic carbocycles. The number of hydrogen-bond donors (Lipinski definition) is 0. The van der Waals surface area contributed by atoms with Gasteiger partial charge in [-0.25, -0.2) is 0 Å². The summed E-state index contributed by atoms with van der Waals surface area (Å²) in [5.74, 6) is 1.17. The van der Waals surface area contributed by atoms with Gasteiger partial charge in [0.25, 0.3) is 5.22 Å². The molecule has 8 heteroatoms. The summed E-state index contributed by atoms with van der Waals surface area (Å²) in [7, 11) is 1.60. The summed E-state index contributed by atoms with van der Waals surface area (Å²) in [6, 6.07) is 18.1. The van der Waals surface area contributed by atoms with E-state index in [9.17, 15) is 4.79 Å². The van der Waals surface area contributed by atoms with Gasteiger partial charge in [-0.05, 0) is 36.4 Å². The van der Waals surface area contributed by atoms with Gasteiger partial charge in [0.2, 0.25) is 5.89 Å². The maximum absolute atomic E-state index is 12.3. The second-order valence-electron chi connectivity index (χ2n) is 5.96. The summed E-state index contributed by atoms with van der Waals surface area (Å²) < 4.78 is 16.2. The molecule has 1 heterocycles. The van der Waals surface area contributed by atoms with Gasteiger partial charge in [0.15, 0.2) is 0 Å². The average Bonchev–Trinajstić information content (AvgIpc) is 3.24. The number of carbonyl (C=O) groups excluding carboxylic acids is 1. The fourth-order valence-electron chi connectivity index (χ4n) is 2.71. The maximum Gasteiger partial charge on any atom is 0.321 e. The van der Waals surface area contributed by atoms with Crippen molar-refractivity contribution in [1.82, 2.24) is 10.2 Å². The van der Waals surface area contributed by atoms with Crippen molar-refractivity contribution >= 4 is 40.1 Å². The van der Waals surface area contributed by atoms with Gasteiger partial charge in [0, 0.05) is 21.4 Å². The Hall–Kier alpha value is -3.03. The van der Waals surface area contributed by atoms with Crippen LogP contribution in [0.15, 0.2) is 70.3 Å². The highest BCUT2D eigenvalue weighted by atomic mass is 35.5. The molecule has 4 aromatic rings. The highest BCUT2D eigenvalue weighted by molar-refractivity contribution is 7.99. The number of benzene rings is 3. The van der Waals surface area contributed by atoms with Crippen molar-refractivity contribution < 1.29 is 18.7 Å². The molecule has 0 aliphatic heterocycles. The van der Waals surface area contributed by atoms with Gasteiger partial charge in [-0.2, -0.15) is 0 Å². The maximum atomic E-state index is 12.3. The fraction of sp³-hybridized carbons (Fsp3) is 0.0952. The molecule has 0 spiro atoms. The Balaban J connectivity index is 1.40. The minimum atomic E-state index is -0.424. The second kappa shape index (κ2) is 8.55. The molecule has 29 heavy (non-hydrogen) atoms. The Morgan fingerprint density at radius 2 is 1.79 bits per heavy atom. The number of carbonyl (C=O) groups is 1. The molecule has 0 saturated heterocycles. The van der Waals surface area contributed by atoms with Crippen LogP contribution in [0, 0.1) is 0 Å². The Labute approximate surface area is 175 Å². The van der Waals surface area contributed by atoms with Gasteiger partial charge < -0.3 is 13.9 Å². The molecular weight excluding hydrogens is 412 g/mol. The SMILES string of the molecule is COc1ccc(-c2nnc(SCC(=O)Oc3ccc(Cl)c4ccccc34)o2)cc1. The number of thioether (sulfide) groups is 1. The Kier molecular flexibility index (Phi) is 5.69. The predicted molar refractivity (Wildman–Crippen MR) is 112 cm³/mol. The highest BCUT2D eigenvalue weighted by Gasteiger charge is 2.14. The van der Waals surface area contributed by atoms with Gasteiger partial charge in [-0.1, -0.05) is 47.6 Å². The molecule has 0 N–H and O–H groups in total. The zero-order valence-corrected chi connectivity index (χ0v) is 16.9. The average molecular weight is 427 g/mol. The van der Waals surface area contributed by atoms with Crippen molar-refractivity contribution in [3.63, 3.8) is 0 Å². The molecule has 0 amide bonds. The number of halogens is 1. The molecule has 1 aromatic heterocycles. The molecule has 6 nitrogen and oxygen atoms in total. The van der Waals surface area contributed by atoms with Crippen molar-refractivity contribution in [2.45, 2.75) is 5.22 Å². The van der Waals surface area contributed by atoms with Crippen molar-refractivity contribution in [3.8, 4) is 23.0 Å². The molecule has 0 unspecified atom stereocenters.